The Kier molecular flexibility index (Phi) is 9.12. The summed E-state index contributed by atoms with van der Waals surface area (Å²) in [6.45, 7) is 5.73. The lowest BCUT2D eigenvalue weighted by molar-refractivity contribution is -0.122. The molecule has 0 aromatic heterocycles. The van der Waals surface area contributed by atoms with Gasteiger partial charge < -0.3 is 25.4 Å². The molecule has 8 heteroatoms. The van der Waals surface area contributed by atoms with Crippen molar-refractivity contribution in [1.82, 2.24) is 16.0 Å². The topological polar surface area (TPSA) is 106 Å². The van der Waals surface area contributed by atoms with Crippen LogP contribution in [0, 0.1) is 0 Å². The maximum Gasteiger partial charge on any atom is 0.408 e. The smallest absolute Gasteiger partial charge is 0.408 e. The van der Waals surface area contributed by atoms with Crippen molar-refractivity contribution < 1.29 is 23.9 Å². The molecule has 0 unspecified atom stereocenters. The number of likely N-dealkylation sites (N-methyl/N-ethyl adjacent to an activating group) is 1. The molecule has 0 fully saturated rings. The highest BCUT2D eigenvalue weighted by Gasteiger charge is 2.23. The molecule has 150 valence electrons. The summed E-state index contributed by atoms with van der Waals surface area (Å²) < 4.78 is 10.3. The van der Waals surface area contributed by atoms with E-state index in [0.717, 1.165) is 5.56 Å². The summed E-state index contributed by atoms with van der Waals surface area (Å²) in [5, 5.41) is 7.66. The third-order valence-electron chi connectivity index (χ3n) is 3.41. The minimum Gasteiger partial charge on any atom is -0.445 e. The molecule has 0 saturated heterocycles. The summed E-state index contributed by atoms with van der Waals surface area (Å²) in [6.07, 6.45) is -0.367. The molecule has 27 heavy (non-hydrogen) atoms. The molecule has 3 amide bonds. The number of rotatable bonds is 8. The number of hydrogen-bond acceptors (Lipinski definition) is 5. The van der Waals surface area contributed by atoms with E-state index >= 15 is 0 Å². The fraction of sp³-hybridized carbons (Fsp3) is 0.526. The quantitative estimate of drug-likeness (QED) is 0.601. The van der Waals surface area contributed by atoms with E-state index in [1.54, 1.807) is 20.8 Å². The molecule has 0 aliphatic carbocycles. The Morgan fingerprint density at radius 1 is 1.07 bits per heavy atom. The zero-order chi connectivity index (χ0) is 20.3. The van der Waals surface area contributed by atoms with Crippen LogP contribution >= 0.6 is 0 Å². The van der Waals surface area contributed by atoms with Crippen molar-refractivity contribution in [3.05, 3.63) is 35.9 Å². The van der Waals surface area contributed by atoms with Crippen molar-refractivity contribution in [2.75, 3.05) is 13.6 Å². The molecular weight excluding hydrogens is 350 g/mol. The Morgan fingerprint density at radius 2 is 1.74 bits per heavy atom. The highest BCUT2D eigenvalue weighted by Crippen LogP contribution is 2.08. The average Bonchev–Trinajstić information content (AvgIpc) is 2.61. The number of carbonyl (C=O) groups is 3. The van der Waals surface area contributed by atoms with Gasteiger partial charge in [0.25, 0.3) is 0 Å². The molecular formula is C19H29N3O5. The first kappa shape index (κ1) is 22.3. The van der Waals surface area contributed by atoms with Gasteiger partial charge in [-0.3, -0.25) is 4.79 Å². The minimum absolute atomic E-state index is 0.188. The Bertz CT molecular complexity index is 614. The molecule has 0 radical (unpaired) electrons. The summed E-state index contributed by atoms with van der Waals surface area (Å²) in [5.41, 5.74) is 0.246. The second kappa shape index (κ2) is 11.1. The van der Waals surface area contributed by atoms with Crippen LogP contribution in [0.15, 0.2) is 30.3 Å². The van der Waals surface area contributed by atoms with Crippen molar-refractivity contribution >= 4 is 18.1 Å². The summed E-state index contributed by atoms with van der Waals surface area (Å²) >= 11 is 0. The van der Waals surface area contributed by atoms with Gasteiger partial charge in [0.05, 0.1) is 0 Å². The van der Waals surface area contributed by atoms with E-state index in [1.165, 1.54) is 7.05 Å². The van der Waals surface area contributed by atoms with E-state index in [0.29, 0.717) is 19.4 Å². The summed E-state index contributed by atoms with van der Waals surface area (Å²) in [4.78, 5) is 35.4. The van der Waals surface area contributed by atoms with Gasteiger partial charge >= 0.3 is 12.2 Å². The van der Waals surface area contributed by atoms with Crippen molar-refractivity contribution in [1.29, 1.82) is 0 Å². The summed E-state index contributed by atoms with van der Waals surface area (Å²) in [6, 6.07) is 8.61. The maximum absolute atomic E-state index is 11.9. The summed E-state index contributed by atoms with van der Waals surface area (Å²) in [7, 11) is 1.49. The molecule has 0 aliphatic rings. The lowest BCUT2D eigenvalue weighted by Crippen LogP contribution is -2.47. The van der Waals surface area contributed by atoms with Crippen LogP contribution in [0.1, 0.15) is 39.2 Å². The molecule has 0 heterocycles. The van der Waals surface area contributed by atoms with Crippen LogP contribution in [0.25, 0.3) is 0 Å². The standard InChI is InChI=1S/C19H29N3O5/c1-19(2,3)27-18(25)22-15(16(23)20-4)11-8-12-21-17(24)26-13-14-9-6-5-7-10-14/h5-7,9-10,15H,8,11-13H2,1-4H3,(H,20,23)(H,21,24)(H,22,25)/t15-/m1/s1. The molecule has 1 aromatic rings. The Labute approximate surface area is 160 Å². The molecule has 1 aromatic carbocycles. The zero-order valence-corrected chi connectivity index (χ0v) is 16.3. The van der Waals surface area contributed by atoms with Crippen molar-refractivity contribution in [2.45, 2.75) is 51.9 Å². The minimum atomic E-state index is -0.744. The fourth-order valence-electron chi connectivity index (χ4n) is 2.16. The van der Waals surface area contributed by atoms with Gasteiger partial charge in [0.1, 0.15) is 18.2 Å². The van der Waals surface area contributed by atoms with Crippen molar-refractivity contribution in [3.8, 4) is 0 Å². The van der Waals surface area contributed by atoms with Crippen molar-refractivity contribution in [3.63, 3.8) is 0 Å². The maximum atomic E-state index is 11.9. The first-order valence-corrected chi connectivity index (χ1v) is 8.87. The highest BCUT2D eigenvalue weighted by molar-refractivity contribution is 5.85. The fourth-order valence-corrected chi connectivity index (χ4v) is 2.16. The molecule has 0 bridgehead atoms. The zero-order valence-electron chi connectivity index (χ0n) is 16.3. The molecule has 8 nitrogen and oxygen atoms in total. The van der Waals surface area contributed by atoms with Crippen LogP contribution in [-0.4, -0.2) is 43.3 Å². The van der Waals surface area contributed by atoms with Gasteiger partial charge in [-0.05, 0) is 39.2 Å². The Morgan fingerprint density at radius 3 is 2.33 bits per heavy atom. The van der Waals surface area contributed by atoms with Crippen LogP contribution < -0.4 is 16.0 Å². The van der Waals surface area contributed by atoms with Gasteiger partial charge in [0, 0.05) is 13.6 Å². The molecule has 1 rings (SSSR count). The van der Waals surface area contributed by atoms with E-state index in [-0.39, 0.29) is 12.5 Å². The SMILES string of the molecule is CNC(=O)[C@@H](CCCNC(=O)OCc1ccccc1)NC(=O)OC(C)(C)C. The van der Waals surface area contributed by atoms with Crippen LogP contribution in [-0.2, 0) is 20.9 Å². The third-order valence-corrected chi connectivity index (χ3v) is 3.41. The monoisotopic (exact) mass is 379 g/mol. The average molecular weight is 379 g/mol. The molecule has 0 saturated carbocycles. The molecule has 0 spiro atoms. The lowest BCUT2D eigenvalue weighted by Gasteiger charge is -2.23. The van der Waals surface area contributed by atoms with Crippen LogP contribution in [0.4, 0.5) is 9.59 Å². The number of nitrogens with one attached hydrogen (secondary N) is 3. The summed E-state index contributed by atoms with van der Waals surface area (Å²) in [5.74, 6) is -0.326. The van der Waals surface area contributed by atoms with Gasteiger partial charge in [0.2, 0.25) is 5.91 Å². The van der Waals surface area contributed by atoms with Crippen LogP contribution in [0.2, 0.25) is 0 Å². The van der Waals surface area contributed by atoms with Crippen molar-refractivity contribution in [2.24, 2.45) is 0 Å². The first-order chi connectivity index (χ1) is 12.7. The van der Waals surface area contributed by atoms with Crippen LogP contribution in [0.5, 0.6) is 0 Å². The second-order valence-electron chi connectivity index (χ2n) is 6.94. The van der Waals surface area contributed by atoms with E-state index in [9.17, 15) is 14.4 Å². The molecule has 1 atom stereocenters. The molecule has 3 N–H and O–H groups in total. The Hall–Kier alpha value is -2.77. The van der Waals surface area contributed by atoms with Crippen LogP contribution in [0.3, 0.4) is 0 Å². The lowest BCUT2D eigenvalue weighted by atomic mass is 10.1. The third kappa shape index (κ3) is 10.1. The van der Waals surface area contributed by atoms with E-state index in [1.807, 2.05) is 30.3 Å². The predicted molar refractivity (Wildman–Crippen MR) is 101 cm³/mol. The van der Waals surface area contributed by atoms with E-state index < -0.39 is 23.8 Å². The van der Waals surface area contributed by atoms with Gasteiger partial charge in [-0.2, -0.15) is 0 Å². The Balaban J connectivity index is 2.33. The first-order valence-electron chi connectivity index (χ1n) is 8.87. The normalized spacial score (nSPS) is 11.9. The van der Waals surface area contributed by atoms with Gasteiger partial charge in [-0.25, -0.2) is 9.59 Å². The molecule has 0 aliphatic heterocycles. The number of amides is 3. The van der Waals surface area contributed by atoms with Gasteiger partial charge in [0.15, 0.2) is 0 Å². The van der Waals surface area contributed by atoms with E-state index in [4.69, 9.17) is 9.47 Å². The van der Waals surface area contributed by atoms with Gasteiger partial charge in [-0.15, -0.1) is 0 Å². The number of alkyl carbamates (subject to hydrolysis) is 2. The number of benzene rings is 1. The van der Waals surface area contributed by atoms with Gasteiger partial charge in [-0.1, -0.05) is 30.3 Å². The number of carbonyl (C=O) groups excluding carboxylic acids is 3. The second-order valence-corrected chi connectivity index (χ2v) is 6.94. The number of ether oxygens (including phenoxy) is 2. The largest absolute Gasteiger partial charge is 0.445 e. The number of hydrogen-bond donors (Lipinski definition) is 3. The highest BCUT2D eigenvalue weighted by atomic mass is 16.6. The predicted octanol–water partition coefficient (Wildman–Crippen LogP) is 2.33. The van der Waals surface area contributed by atoms with E-state index in [2.05, 4.69) is 16.0 Å².